The van der Waals surface area contributed by atoms with E-state index in [1.807, 2.05) is 0 Å². The second-order valence-electron chi connectivity index (χ2n) is 3.95. The average Bonchev–Trinajstić information content (AvgIpc) is 2.30. The zero-order valence-corrected chi connectivity index (χ0v) is 9.19. The normalized spacial score (nSPS) is 16.8. The van der Waals surface area contributed by atoms with E-state index >= 15 is 0 Å². The lowest BCUT2D eigenvalue weighted by Crippen LogP contribution is -2.27. The van der Waals surface area contributed by atoms with Gasteiger partial charge < -0.3 is 10.1 Å². The maximum Gasteiger partial charge on any atom is 0.304 e. The minimum absolute atomic E-state index is 0.240. The number of nitrogens with one attached hydrogen (secondary N) is 1. The van der Waals surface area contributed by atoms with Crippen molar-refractivity contribution in [1.82, 2.24) is 0 Å². The topological polar surface area (TPSA) is 64.4 Å². The molecule has 1 saturated heterocycles. The van der Waals surface area contributed by atoms with Crippen LogP contribution in [-0.4, -0.2) is 24.2 Å². The summed E-state index contributed by atoms with van der Waals surface area (Å²) < 4.78 is 18.6. The first-order chi connectivity index (χ1) is 8.16. The summed E-state index contributed by atoms with van der Waals surface area (Å²) in [6, 6.07) is 4.10. The van der Waals surface area contributed by atoms with Crippen LogP contribution in [0.2, 0.25) is 0 Å². The molecule has 1 aromatic carbocycles. The fourth-order valence-corrected chi connectivity index (χ4v) is 1.82. The molecule has 1 aliphatic rings. The van der Waals surface area contributed by atoms with Gasteiger partial charge in [0.15, 0.2) is 0 Å². The molecule has 0 aliphatic carbocycles. The third-order valence-electron chi connectivity index (χ3n) is 2.74. The molecule has 0 spiro atoms. The summed E-state index contributed by atoms with van der Waals surface area (Å²) in [5.74, 6) is -0.813. The van der Waals surface area contributed by atoms with Crippen molar-refractivity contribution in [3.63, 3.8) is 0 Å². The standard InChI is InChI=1S/C11H13FN2O3/c12-10-7-9(1-2-11(10)14(15)16)13-8-3-5-17-6-4-8/h1-2,7-8,13H,3-6H2. The van der Waals surface area contributed by atoms with Crippen LogP contribution in [0.25, 0.3) is 0 Å². The summed E-state index contributed by atoms with van der Waals surface area (Å²) in [7, 11) is 0. The van der Waals surface area contributed by atoms with Gasteiger partial charge in [0.05, 0.1) is 4.92 Å². The third kappa shape index (κ3) is 2.91. The molecular formula is C11H13FN2O3. The predicted molar refractivity (Wildman–Crippen MR) is 60.5 cm³/mol. The summed E-state index contributed by atoms with van der Waals surface area (Å²) in [6.45, 7) is 1.38. The van der Waals surface area contributed by atoms with Crippen molar-refractivity contribution >= 4 is 11.4 Å². The zero-order chi connectivity index (χ0) is 12.3. The molecule has 0 radical (unpaired) electrons. The van der Waals surface area contributed by atoms with Crippen LogP contribution in [0, 0.1) is 15.9 Å². The van der Waals surface area contributed by atoms with Crippen molar-refractivity contribution in [2.75, 3.05) is 18.5 Å². The molecule has 1 aliphatic heterocycles. The number of hydrogen-bond acceptors (Lipinski definition) is 4. The van der Waals surface area contributed by atoms with E-state index in [0.29, 0.717) is 18.9 Å². The van der Waals surface area contributed by atoms with Crippen molar-refractivity contribution in [3.8, 4) is 0 Å². The van der Waals surface area contributed by atoms with Crippen molar-refractivity contribution in [3.05, 3.63) is 34.1 Å². The van der Waals surface area contributed by atoms with Crippen LogP contribution in [0.1, 0.15) is 12.8 Å². The van der Waals surface area contributed by atoms with Crippen molar-refractivity contribution in [1.29, 1.82) is 0 Å². The lowest BCUT2D eigenvalue weighted by atomic mass is 10.1. The van der Waals surface area contributed by atoms with E-state index in [-0.39, 0.29) is 6.04 Å². The van der Waals surface area contributed by atoms with E-state index in [4.69, 9.17) is 4.74 Å². The van der Waals surface area contributed by atoms with Crippen molar-refractivity contribution in [2.24, 2.45) is 0 Å². The highest BCUT2D eigenvalue weighted by Gasteiger charge is 2.17. The van der Waals surface area contributed by atoms with Crippen LogP contribution in [0.15, 0.2) is 18.2 Å². The van der Waals surface area contributed by atoms with Crippen LogP contribution in [0.3, 0.4) is 0 Å². The van der Waals surface area contributed by atoms with Gasteiger partial charge in [0.2, 0.25) is 5.82 Å². The van der Waals surface area contributed by atoms with Crippen LogP contribution in [0.4, 0.5) is 15.8 Å². The summed E-state index contributed by atoms with van der Waals surface area (Å²) in [6.07, 6.45) is 1.72. The first-order valence-electron chi connectivity index (χ1n) is 5.45. The predicted octanol–water partition coefficient (Wildman–Crippen LogP) is 2.32. The largest absolute Gasteiger partial charge is 0.382 e. The molecule has 0 atom stereocenters. The van der Waals surface area contributed by atoms with E-state index in [0.717, 1.165) is 18.9 Å². The van der Waals surface area contributed by atoms with Crippen molar-refractivity contribution in [2.45, 2.75) is 18.9 Å². The van der Waals surface area contributed by atoms with Gasteiger partial charge in [0.25, 0.3) is 0 Å². The van der Waals surface area contributed by atoms with E-state index in [9.17, 15) is 14.5 Å². The smallest absolute Gasteiger partial charge is 0.304 e. The fraction of sp³-hybridized carbons (Fsp3) is 0.455. The molecule has 2 rings (SSSR count). The van der Waals surface area contributed by atoms with Gasteiger partial charge in [0.1, 0.15) is 0 Å². The summed E-state index contributed by atoms with van der Waals surface area (Å²) >= 11 is 0. The van der Waals surface area contributed by atoms with Gasteiger partial charge in [-0.1, -0.05) is 0 Å². The number of hydrogen-bond donors (Lipinski definition) is 1. The van der Waals surface area contributed by atoms with Gasteiger partial charge >= 0.3 is 5.69 Å². The summed E-state index contributed by atoms with van der Waals surface area (Å²) in [5, 5.41) is 13.6. The first kappa shape index (κ1) is 11.8. The van der Waals surface area contributed by atoms with E-state index in [1.54, 1.807) is 0 Å². The average molecular weight is 240 g/mol. The molecule has 1 N–H and O–H groups in total. The molecular weight excluding hydrogens is 227 g/mol. The summed E-state index contributed by atoms with van der Waals surface area (Å²) in [4.78, 5) is 9.72. The highest BCUT2D eigenvalue weighted by atomic mass is 19.1. The van der Waals surface area contributed by atoms with Gasteiger partial charge in [-0.25, -0.2) is 0 Å². The molecule has 5 nitrogen and oxygen atoms in total. The zero-order valence-electron chi connectivity index (χ0n) is 9.19. The van der Waals surface area contributed by atoms with Crippen molar-refractivity contribution < 1.29 is 14.1 Å². The minimum atomic E-state index is -0.813. The Labute approximate surface area is 97.7 Å². The fourth-order valence-electron chi connectivity index (χ4n) is 1.82. The second kappa shape index (κ2) is 5.09. The van der Waals surface area contributed by atoms with E-state index in [2.05, 4.69) is 5.32 Å². The molecule has 0 bridgehead atoms. The SMILES string of the molecule is O=[N+]([O-])c1ccc(NC2CCOCC2)cc1F. The Balaban J connectivity index is 2.06. The van der Waals surface area contributed by atoms with Crippen LogP contribution in [-0.2, 0) is 4.74 Å². The Kier molecular flexibility index (Phi) is 3.53. The first-order valence-corrected chi connectivity index (χ1v) is 5.45. The lowest BCUT2D eigenvalue weighted by Gasteiger charge is -2.24. The summed E-state index contributed by atoms with van der Waals surface area (Å²) in [5.41, 5.74) is 0.0718. The molecule has 1 aromatic rings. The number of nitro benzene ring substituents is 1. The minimum Gasteiger partial charge on any atom is -0.382 e. The Morgan fingerprint density at radius 3 is 2.71 bits per heavy atom. The molecule has 1 fully saturated rings. The highest BCUT2D eigenvalue weighted by Crippen LogP contribution is 2.22. The second-order valence-corrected chi connectivity index (χ2v) is 3.95. The Morgan fingerprint density at radius 2 is 2.12 bits per heavy atom. The van der Waals surface area contributed by atoms with Crippen LogP contribution >= 0.6 is 0 Å². The van der Waals surface area contributed by atoms with Gasteiger partial charge in [-0.3, -0.25) is 10.1 Å². The van der Waals surface area contributed by atoms with Crippen LogP contribution in [0.5, 0.6) is 0 Å². The molecule has 0 amide bonds. The Bertz CT molecular complexity index is 419. The number of ether oxygens (including phenoxy) is 1. The third-order valence-corrected chi connectivity index (χ3v) is 2.74. The molecule has 17 heavy (non-hydrogen) atoms. The van der Waals surface area contributed by atoms with Gasteiger partial charge in [0, 0.05) is 37.1 Å². The monoisotopic (exact) mass is 240 g/mol. The lowest BCUT2D eigenvalue weighted by molar-refractivity contribution is -0.387. The number of halogens is 1. The van der Waals surface area contributed by atoms with Gasteiger partial charge in [-0.2, -0.15) is 4.39 Å². The van der Waals surface area contributed by atoms with E-state index < -0.39 is 16.4 Å². The number of anilines is 1. The molecule has 92 valence electrons. The Morgan fingerprint density at radius 1 is 1.41 bits per heavy atom. The van der Waals surface area contributed by atoms with Gasteiger partial charge in [-0.15, -0.1) is 0 Å². The Hall–Kier alpha value is -1.69. The molecule has 0 aromatic heterocycles. The van der Waals surface area contributed by atoms with E-state index in [1.165, 1.54) is 12.1 Å². The number of rotatable bonds is 3. The molecule has 0 saturated carbocycles. The number of benzene rings is 1. The maximum atomic E-state index is 13.3. The highest BCUT2D eigenvalue weighted by molar-refractivity contribution is 5.50. The molecule has 6 heteroatoms. The molecule has 0 unspecified atom stereocenters. The van der Waals surface area contributed by atoms with Gasteiger partial charge in [-0.05, 0) is 18.9 Å². The number of nitro groups is 1. The number of nitrogens with zero attached hydrogens (tertiary/aromatic N) is 1. The maximum absolute atomic E-state index is 13.3. The quantitative estimate of drug-likeness (QED) is 0.650. The molecule has 1 heterocycles. The van der Waals surface area contributed by atoms with Crippen LogP contribution < -0.4 is 5.32 Å².